The number of carbonyl (C=O) groups is 1. The molecule has 1 aromatic heterocycles. The third-order valence-corrected chi connectivity index (χ3v) is 3.55. The number of thioether (sulfide) groups is 1. The van der Waals surface area contributed by atoms with Crippen molar-refractivity contribution >= 4 is 17.7 Å². The second-order valence-electron chi connectivity index (χ2n) is 3.59. The molecule has 0 radical (unpaired) electrons. The van der Waals surface area contributed by atoms with Gasteiger partial charge in [0, 0.05) is 29.1 Å². The Hall–Kier alpha value is -1.14. The van der Waals surface area contributed by atoms with E-state index in [2.05, 4.69) is 10.3 Å². The van der Waals surface area contributed by atoms with Gasteiger partial charge < -0.3 is 10.4 Å². The number of amides is 1. The van der Waals surface area contributed by atoms with Gasteiger partial charge in [-0.3, -0.25) is 4.79 Å². The summed E-state index contributed by atoms with van der Waals surface area (Å²) in [5.41, 5.74) is 0.224. The summed E-state index contributed by atoms with van der Waals surface area (Å²) < 4.78 is 12.8. The number of pyridine rings is 1. The fourth-order valence-electron chi connectivity index (χ4n) is 1.36. The monoisotopic (exact) mass is 258 g/mol. The smallest absolute Gasteiger partial charge is 0.251 e. The Bertz CT molecular complexity index is 385. The molecule has 0 fully saturated rings. The second-order valence-corrected chi connectivity index (χ2v) is 4.66. The van der Waals surface area contributed by atoms with Gasteiger partial charge in [-0.25, -0.2) is 4.98 Å². The van der Waals surface area contributed by atoms with Crippen LogP contribution in [0.25, 0.3) is 0 Å². The van der Waals surface area contributed by atoms with Crippen LogP contribution in [0.5, 0.6) is 0 Å². The van der Waals surface area contributed by atoms with Crippen LogP contribution in [0.15, 0.2) is 18.3 Å². The molecular formula is C11H15FN2O2S. The summed E-state index contributed by atoms with van der Waals surface area (Å²) in [4.78, 5) is 15.1. The molecule has 0 aliphatic rings. The standard InChI is InChI=1S/C11H15FN2O2S/c1-7(9(6-15)17-2)14-11(16)8-3-4-13-10(12)5-8/h3-5,7,9,15H,6H2,1-2H3,(H,14,16). The van der Waals surface area contributed by atoms with Crippen molar-refractivity contribution in [3.63, 3.8) is 0 Å². The van der Waals surface area contributed by atoms with E-state index in [0.29, 0.717) is 0 Å². The third kappa shape index (κ3) is 3.98. The molecule has 0 saturated heterocycles. The van der Waals surface area contributed by atoms with Crippen LogP contribution in [0.2, 0.25) is 0 Å². The number of rotatable bonds is 5. The SMILES string of the molecule is CSC(CO)C(C)NC(=O)c1ccnc(F)c1. The topological polar surface area (TPSA) is 62.2 Å². The molecule has 0 bridgehead atoms. The fraction of sp³-hybridized carbons (Fsp3) is 0.455. The van der Waals surface area contributed by atoms with E-state index in [4.69, 9.17) is 5.11 Å². The van der Waals surface area contributed by atoms with Crippen LogP contribution < -0.4 is 5.32 Å². The average Bonchev–Trinajstić information content (AvgIpc) is 2.30. The lowest BCUT2D eigenvalue weighted by Gasteiger charge is -2.21. The molecule has 1 amide bonds. The van der Waals surface area contributed by atoms with Gasteiger partial charge in [-0.1, -0.05) is 0 Å². The highest BCUT2D eigenvalue weighted by Crippen LogP contribution is 2.11. The molecule has 17 heavy (non-hydrogen) atoms. The van der Waals surface area contributed by atoms with Crippen molar-refractivity contribution < 1.29 is 14.3 Å². The summed E-state index contributed by atoms with van der Waals surface area (Å²) in [6.45, 7) is 1.78. The first-order valence-corrected chi connectivity index (χ1v) is 6.43. The predicted octanol–water partition coefficient (Wildman–Crippen LogP) is 1.06. The highest BCUT2D eigenvalue weighted by Gasteiger charge is 2.18. The Balaban J connectivity index is 2.66. The summed E-state index contributed by atoms with van der Waals surface area (Å²) >= 11 is 1.47. The number of nitrogens with zero attached hydrogens (tertiary/aromatic N) is 1. The van der Waals surface area contributed by atoms with E-state index in [-0.39, 0.29) is 29.4 Å². The van der Waals surface area contributed by atoms with E-state index >= 15 is 0 Å². The number of hydrogen-bond acceptors (Lipinski definition) is 4. The van der Waals surface area contributed by atoms with Crippen molar-refractivity contribution in [1.29, 1.82) is 0 Å². The Morgan fingerprint density at radius 1 is 1.71 bits per heavy atom. The lowest BCUT2D eigenvalue weighted by atomic mass is 10.2. The zero-order chi connectivity index (χ0) is 12.8. The number of aromatic nitrogens is 1. The van der Waals surface area contributed by atoms with Crippen LogP contribution in [0, 0.1) is 5.95 Å². The number of aliphatic hydroxyl groups is 1. The van der Waals surface area contributed by atoms with Gasteiger partial charge >= 0.3 is 0 Å². The van der Waals surface area contributed by atoms with Gasteiger partial charge in [-0.05, 0) is 19.2 Å². The molecule has 4 nitrogen and oxygen atoms in total. The zero-order valence-corrected chi connectivity index (χ0v) is 10.5. The van der Waals surface area contributed by atoms with Gasteiger partial charge in [0.15, 0.2) is 0 Å². The number of carbonyl (C=O) groups excluding carboxylic acids is 1. The maximum atomic E-state index is 12.8. The molecule has 1 rings (SSSR count). The molecule has 94 valence electrons. The number of halogens is 1. The summed E-state index contributed by atoms with van der Waals surface area (Å²) in [6, 6.07) is 2.33. The minimum Gasteiger partial charge on any atom is -0.395 e. The summed E-state index contributed by atoms with van der Waals surface area (Å²) in [6.07, 6.45) is 3.10. The first-order chi connectivity index (χ1) is 8.08. The van der Waals surface area contributed by atoms with Crippen LogP contribution in [-0.2, 0) is 0 Å². The first kappa shape index (κ1) is 13.9. The number of hydrogen-bond donors (Lipinski definition) is 2. The summed E-state index contributed by atoms with van der Waals surface area (Å²) in [5, 5.41) is 11.7. The van der Waals surface area contributed by atoms with Crippen molar-refractivity contribution in [1.82, 2.24) is 10.3 Å². The Morgan fingerprint density at radius 3 is 2.94 bits per heavy atom. The normalized spacial score (nSPS) is 14.1. The van der Waals surface area contributed by atoms with Crippen molar-refractivity contribution in [3.8, 4) is 0 Å². The van der Waals surface area contributed by atoms with Crippen molar-refractivity contribution in [2.45, 2.75) is 18.2 Å². The van der Waals surface area contributed by atoms with Gasteiger partial charge in [-0.2, -0.15) is 16.2 Å². The zero-order valence-electron chi connectivity index (χ0n) is 9.68. The quantitative estimate of drug-likeness (QED) is 0.775. The van der Waals surface area contributed by atoms with Gasteiger partial charge in [-0.15, -0.1) is 0 Å². The van der Waals surface area contributed by atoms with E-state index in [1.807, 2.05) is 6.26 Å². The highest BCUT2D eigenvalue weighted by atomic mass is 32.2. The molecule has 0 aliphatic heterocycles. The molecule has 1 heterocycles. The molecule has 0 saturated carbocycles. The fourth-order valence-corrected chi connectivity index (χ4v) is 1.99. The highest BCUT2D eigenvalue weighted by molar-refractivity contribution is 7.99. The molecule has 2 unspecified atom stereocenters. The molecular weight excluding hydrogens is 243 g/mol. The minimum atomic E-state index is -0.686. The Labute approximate surface area is 104 Å². The van der Waals surface area contributed by atoms with E-state index in [0.717, 1.165) is 6.07 Å². The van der Waals surface area contributed by atoms with Crippen molar-refractivity contribution in [2.75, 3.05) is 12.9 Å². The van der Waals surface area contributed by atoms with Gasteiger partial charge in [0.1, 0.15) is 0 Å². The minimum absolute atomic E-state index is 0.0205. The van der Waals surface area contributed by atoms with Gasteiger partial charge in [0.25, 0.3) is 5.91 Å². The van der Waals surface area contributed by atoms with Crippen LogP contribution in [0.1, 0.15) is 17.3 Å². The van der Waals surface area contributed by atoms with E-state index in [9.17, 15) is 9.18 Å². The van der Waals surface area contributed by atoms with Crippen LogP contribution in [0.4, 0.5) is 4.39 Å². The maximum absolute atomic E-state index is 12.8. The molecule has 0 aromatic carbocycles. The lowest BCUT2D eigenvalue weighted by Crippen LogP contribution is -2.41. The van der Waals surface area contributed by atoms with Gasteiger partial charge in [0.05, 0.1) is 6.61 Å². The van der Waals surface area contributed by atoms with E-state index in [1.165, 1.54) is 24.0 Å². The van der Waals surface area contributed by atoms with Crippen molar-refractivity contribution in [3.05, 3.63) is 29.8 Å². The molecule has 0 spiro atoms. The Morgan fingerprint density at radius 2 is 2.41 bits per heavy atom. The molecule has 1 aromatic rings. The number of aliphatic hydroxyl groups excluding tert-OH is 1. The summed E-state index contributed by atoms with van der Waals surface area (Å²) in [5.74, 6) is -1.06. The van der Waals surface area contributed by atoms with Crippen molar-refractivity contribution in [2.24, 2.45) is 0 Å². The lowest BCUT2D eigenvalue weighted by molar-refractivity contribution is 0.0935. The first-order valence-electron chi connectivity index (χ1n) is 5.14. The largest absolute Gasteiger partial charge is 0.395 e. The molecule has 2 atom stereocenters. The van der Waals surface area contributed by atoms with E-state index < -0.39 is 5.95 Å². The van der Waals surface area contributed by atoms with Crippen LogP contribution >= 0.6 is 11.8 Å². The third-order valence-electron chi connectivity index (χ3n) is 2.39. The molecule has 0 aliphatic carbocycles. The summed E-state index contributed by atoms with van der Waals surface area (Å²) in [7, 11) is 0. The van der Waals surface area contributed by atoms with Crippen LogP contribution in [0.3, 0.4) is 0 Å². The van der Waals surface area contributed by atoms with Gasteiger partial charge in [0.2, 0.25) is 5.95 Å². The number of nitrogens with one attached hydrogen (secondary N) is 1. The molecule has 6 heteroatoms. The van der Waals surface area contributed by atoms with Crippen LogP contribution in [-0.4, -0.2) is 40.2 Å². The predicted molar refractivity (Wildman–Crippen MR) is 65.5 cm³/mol. The average molecular weight is 258 g/mol. The van der Waals surface area contributed by atoms with E-state index in [1.54, 1.807) is 6.92 Å². The second kappa shape index (κ2) is 6.56. The maximum Gasteiger partial charge on any atom is 0.251 e. The Kier molecular flexibility index (Phi) is 5.37. The molecule has 2 N–H and O–H groups in total.